The van der Waals surface area contributed by atoms with Gasteiger partial charge in [0.05, 0.1) is 17.6 Å². The van der Waals surface area contributed by atoms with Gasteiger partial charge < -0.3 is 10.4 Å². The third-order valence-electron chi connectivity index (χ3n) is 2.64. The minimum absolute atomic E-state index is 0.0812. The monoisotopic (exact) mass is 252 g/mol. The van der Waals surface area contributed by atoms with Crippen LogP contribution in [0.15, 0.2) is 24.3 Å². The number of nitro benzene ring substituents is 1. The standard InChI is InChI=1S/C12H16N2O4/c1-8(2)11(7-15)13-12(16)9-4-3-5-10(6-9)14(17)18/h3-6,8,11,15H,7H2,1-2H3,(H,13,16). The van der Waals surface area contributed by atoms with Gasteiger partial charge >= 0.3 is 0 Å². The number of carbonyl (C=O) groups is 1. The summed E-state index contributed by atoms with van der Waals surface area (Å²) in [6.07, 6.45) is 0. The number of hydrogen-bond donors (Lipinski definition) is 2. The van der Waals surface area contributed by atoms with Gasteiger partial charge in [0.2, 0.25) is 0 Å². The minimum atomic E-state index is -0.553. The summed E-state index contributed by atoms with van der Waals surface area (Å²) in [5, 5.41) is 22.3. The van der Waals surface area contributed by atoms with Crippen LogP contribution in [0.3, 0.4) is 0 Å². The van der Waals surface area contributed by atoms with Crippen LogP contribution in [-0.2, 0) is 0 Å². The molecule has 0 aliphatic rings. The number of hydrogen-bond acceptors (Lipinski definition) is 4. The molecule has 0 bridgehead atoms. The van der Waals surface area contributed by atoms with E-state index in [-0.39, 0.29) is 29.8 Å². The Morgan fingerprint density at radius 1 is 1.50 bits per heavy atom. The van der Waals surface area contributed by atoms with Crippen molar-refractivity contribution in [1.82, 2.24) is 5.32 Å². The summed E-state index contributed by atoms with van der Waals surface area (Å²) in [5.41, 5.74) is 0.0797. The van der Waals surface area contributed by atoms with Gasteiger partial charge in [-0.25, -0.2) is 0 Å². The molecule has 1 aromatic rings. The van der Waals surface area contributed by atoms with E-state index in [1.807, 2.05) is 13.8 Å². The van der Waals surface area contributed by atoms with Crippen molar-refractivity contribution >= 4 is 11.6 Å². The van der Waals surface area contributed by atoms with E-state index in [0.717, 1.165) is 0 Å². The first kappa shape index (κ1) is 14.1. The van der Waals surface area contributed by atoms with Gasteiger partial charge in [-0.2, -0.15) is 0 Å². The second-order valence-electron chi connectivity index (χ2n) is 4.31. The Morgan fingerprint density at radius 2 is 2.17 bits per heavy atom. The molecular weight excluding hydrogens is 236 g/mol. The van der Waals surface area contributed by atoms with Crippen molar-refractivity contribution in [3.8, 4) is 0 Å². The van der Waals surface area contributed by atoms with E-state index in [9.17, 15) is 14.9 Å². The third kappa shape index (κ3) is 3.53. The van der Waals surface area contributed by atoms with Gasteiger partial charge in [0.15, 0.2) is 0 Å². The van der Waals surface area contributed by atoms with Crippen LogP contribution in [0.4, 0.5) is 5.69 Å². The van der Waals surface area contributed by atoms with E-state index in [0.29, 0.717) is 0 Å². The maximum atomic E-state index is 11.8. The zero-order chi connectivity index (χ0) is 13.7. The van der Waals surface area contributed by atoms with Gasteiger partial charge in [-0.1, -0.05) is 19.9 Å². The lowest BCUT2D eigenvalue weighted by atomic mass is 10.0. The van der Waals surface area contributed by atoms with Gasteiger partial charge in [-0.15, -0.1) is 0 Å². The molecule has 2 N–H and O–H groups in total. The molecule has 1 rings (SSSR count). The summed E-state index contributed by atoms with van der Waals surface area (Å²) in [7, 11) is 0. The first-order valence-electron chi connectivity index (χ1n) is 5.62. The number of carbonyl (C=O) groups excluding carboxylic acids is 1. The summed E-state index contributed by atoms with van der Waals surface area (Å²) < 4.78 is 0. The van der Waals surface area contributed by atoms with E-state index in [1.165, 1.54) is 24.3 Å². The second kappa shape index (κ2) is 6.11. The first-order valence-corrected chi connectivity index (χ1v) is 5.62. The van der Waals surface area contributed by atoms with Crippen LogP contribution in [0.2, 0.25) is 0 Å². The smallest absolute Gasteiger partial charge is 0.270 e. The first-order chi connectivity index (χ1) is 8.45. The predicted octanol–water partition coefficient (Wildman–Crippen LogP) is 1.34. The Labute approximate surface area is 105 Å². The molecule has 1 atom stereocenters. The van der Waals surface area contributed by atoms with E-state index in [1.54, 1.807) is 0 Å². The highest BCUT2D eigenvalue weighted by molar-refractivity contribution is 5.95. The molecule has 1 aromatic carbocycles. The van der Waals surface area contributed by atoms with Crippen LogP contribution in [-0.4, -0.2) is 28.6 Å². The number of amides is 1. The fraction of sp³-hybridized carbons (Fsp3) is 0.417. The molecule has 0 saturated heterocycles. The summed E-state index contributed by atoms with van der Waals surface area (Å²) in [4.78, 5) is 21.9. The largest absolute Gasteiger partial charge is 0.394 e. The molecule has 0 aliphatic carbocycles. The predicted molar refractivity (Wildman–Crippen MR) is 66.3 cm³/mol. The maximum Gasteiger partial charge on any atom is 0.270 e. The summed E-state index contributed by atoms with van der Waals surface area (Å²) in [6.45, 7) is 3.57. The molecular formula is C12H16N2O4. The Hall–Kier alpha value is -1.95. The molecule has 0 heterocycles. The van der Waals surface area contributed by atoms with Crippen molar-refractivity contribution in [1.29, 1.82) is 0 Å². The highest BCUT2D eigenvalue weighted by atomic mass is 16.6. The van der Waals surface area contributed by atoms with Gasteiger partial charge in [-0.3, -0.25) is 14.9 Å². The van der Waals surface area contributed by atoms with Crippen LogP contribution in [0.25, 0.3) is 0 Å². The molecule has 0 spiro atoms. The minimum Gasteiger partial charge on any atom is -0.394 e. The molecule has 1 amide bonds. The Morgan fingerprint density at radius 3 is 2.67 bits per heavy atom. The summed E-state index contributed by atoms with van der Waals surface area (Å²) >= 11 is 0. The van der Waals surface area contributed by atoms with Gasteiger partial charge in [0.25, 0.3) is 11.6 Å². The van der Waals surface area contributed by atoms with Gasteiger partial charge in [-0.05, 0) is 12.0 Å². The van der Waals surface area contributed by atoms with Crippen molar-refractivity contribution in [3.05, 3.63) is 39.9 Å². The van der Waals surface area contributed by atoms with E-state index >= 15 is 0 Å². The summed E-state index contributed by atoms with van der Waals surface area (Å²) in [6, 6.07) is 5.12. The van der Waals surface area contributed by atoms with Crippen molar-refractivity contribution in [2.24, 2.45) is 5.92 Å². The molecule has 98 valence electrons. The second-order valence-corrected chi connectivity index (χ2v) is 4.31. The molecule has 0 fully saturated rings. The van der Waals surface area contributed by atoms with Gasteiger partial charge in [0, 0.05) is 17.7 Å². The Balaban J connectivity index is 2.84. The molecule has 6 heteroatoms. The van der Waals surface area contributed by atoms with Crippen LogP contribution >= 0.6 is 0 Å². The van der Waals surface area contributed by atoms with Crippen molar-refractivity contribution in [2.45, 2.75) is 19.9 Å². The zero-order valence-corrected chi connectivity index (χ0v) is 10.3. The number of nitro groups is 1. The number of rotatable bonds is 5. The van der Waals surface area contributed by atoms with Crippen molar-refractivity contribution < 1.29 is 14.8 Å². The molecule has 1 unspecified atom stereocenters. The van der Waals surface area contributed by atoms with Crippen LogP contribution in [0, 0.1) is 16.0 Å². The van der Waals surface area contributed by atoms with E-state index in [2.05, 4.69) is 5.32 Å². The zero-order valence-electron chi connectivity index (χ0n) is 10.3. The SMILES string of the molecule is CC(C)C(CO)NC(=O)c1cccc([N+](=O)[O-])c1. The Kier molecular flexibility index (Phi) is 4.79. The van der Waals surface area contributed by atoms with Crippen LogP contribution < -0.4 is 5.32 Å². The third-order valence-corrected chi connectivity index (χ3v) is 2.64. The number of aliphatic hydroxyl groups is 1. The number of non-ortho nitro benzene ring substituents is 1. The normalized spacial score (nSPS) is 12.2. The summed E-state index contributed by atoms with van der Waals surface area (Å²) in [5.74, 6) is -0.343. The van der Waals surface area contributed by atoms with Crippen LogP contribution in [0.1, 0.15) is 24.2 Å². The number of benzene rings is 1. The average molecular weight is 252 g/mol. The maximum absolute atomic E-state index is 11.8. The number of nitrogens with one attached hydrogen (secondary N) is 1. The highest BCUT2D eigenvalue weighted by Crippen LogP contribution is 2.13. The lowest BCUT2D eigenvalue weighted by Gasteiger charge is -2.19. The molecule has 6 nitrogen and oxygen atoms in total. The lowest BCUT2D eigenvalue weighted by Crippen LogP contribution is -2.41. The van der Waals surface area contributed by atoms with Crippen molar-refractivity contribution in [2.75, 3.05) is 6.61 Å². The molecule has 18 heavy (non-hydrogen) atoms. The van der Waals surface area contributed by atoms with Crippen LogP contribution in [0.5, 0.6) is 0 Å². The lowest BCUT2D eigenvalue weighted by molar-refractivity contribution is -0.384. The van der Waals surface area contributed by atoms with E-state index in [4.69, 9.17) is 5.11 Å². The fourth-order valence-corrected chi connectivity index (χ4v) is 1.44. The number of aliphatic hydroxyl groups excluding tert-OH is 1. The topological polar surface area (TPSA) is 92.5 Å². The average Bonchev–Trinajstić information content (AvgIpc) is 2.35. The van der Waals surface area contributed by atoms with E-state index < -0.39 is 10.8 Å². The number of nitrogens with zero attached hydrogens (tertiary/aromatic N) is 1. The quantitative estimate of drug-likeness (QED) is 0.611. The molecule has 0 saturated carbocycles. The molecule has 0 radical (unpaired) electrons. The fourth-order valence-electron chi connectivity index (χ4n) is 1.44. The molecule has 0 aromatic heterocycles. The van der Waals surface area contributed by atoms with Crippen molar-refractivity contribution in [3.63, 3.8) is 0 Å². The van der Waals surface area contributed by atoms with Gasteiger partial charge in [0.1, 0.15) is 0 Å². The molecule has 0 aliphatic heterocycles. The Bertz CT molecular complexity index is 445. The highest BCUT2D eigenvalue weighted by Gasteiger charge is 2.17.